The van der Waals surface area contributed by atoms with Gasteiger partial charge in [0.2, 0.25) is 0 Å². The lowest BCUT2D eigenvalue weighted by atomic mass is 10.0. The molecule has 168 valence electrons. The molecule has 0 heterocycles. The summed E-state index contributed by atoms with van der Waals surface area (Å²) in [7, 11) is 0. The second kappa shape index (κ2) is 15.7. The Morgan fingerprint density at radius 3 is 2.21 bits per heavy atom. The van der Waals surface area contributed by atoms with Crippen LogP contribution in [0.2, 0.25) is 0 Å². The standard InChI is InChI=1S/C24H42O5/c1-4-6-7-8-9-10-11-12-21-13-15-23(16-14-21)28-18-17-27-19-22(25)20-29-24(3,26)5-2/h13-16,22,25-26H,4-12,17-20H2,1-3H3. The number of unbranched alkanes of at least 4 members (excludes halogenated alkanes) is 6. The Morgan fingerprint density at radius 2 is 1.55 bits per heavy atom. The van der Waals surface area contributed by atoms with E-state index in [2.05, 4.69) is 19.1 Å². The van der Waals surface area contributed by atoms with E-state index in [-0.39, 0.29) is 13.2 Å². The van der Waals surface area contributed by atoms with E-state index in [1.807, 2.05) is 19.1 Å². The molecular formula is C24H42O5. The SMILES string of the molecule is CCCCCCCCCc1ccc(OCCOCC(O)COC(C)(O)CC)cc1. The molecular weight excluding hydrogens is 368 g/mol. The van der Waals surface area contributed by atoms with E-state index in [9.17, 15) is 10.2 Å². The molecule has 1 aromatic carbocycles. The highest BCUT2D eigenvalue weighted by molar-refractivity contribution is 5.27. The lowest BCUT2D eigenvalue weighted by molar-refractivity contribution is -0.207. The molecule has 2 unspecified atom stereocenters. The molecule has 0 radical (unpaired) electrons. The van der Waals surface area contributed by atoms with Crippen molar-refractivity contribution >= 4 is 0 Å². The van der Waals surface area contributed by atoms with Crippen LogP contribution in [0.4, 0.5) is 0 Å². The van der Waals surface area contributed by atoms with E-state index in [1.54, 1.807) is 6.92 Å². The maximum atomic E-state index is 9.80. The molecule has 0 aliphatic heterocycles. The smallest absolute Gasteiger partial charge is 0.162 e. The number of benzene rings is 1. The number of aliphatic hydroxyl groups is 2. The largest absolute Gasteiger partial charge is 0.491 e. The van der Waals surface area contributed by atoms with Crippen molar-refractivity contribution in [2.75, 3.05) is 26.4 Å². The zero-order valence-corrected chi connectivity index (χ0v) is 18.7. The number of rotatable bonds is 18. The third-order valence-electron chi connectivity index (χ3n) is 5.04. The number of aliphatic hydroxyl groups excluding tert-OH is 1. The van der Waals surface area contributed by atoms with Crippen LogP contribution >= 0.6 is 0 Å². The summed E-state index contributed by atoms with van der Waals surface area (Å²) in [5.41, 5.74) is 1.35. The maximum Gasteiger partial charge on any atom is 0.162 e. The minimum absolute atomic E-state index is 0.0436. The van der Waals surface area contributed by atoms with Crippen LogP contribution in [0.15, 0.2) is 24.3 Å². The summed E-state index contributed by atoms with van der Waals surface area (Å²) < 4.78 is 16.3. The number of hydrogen-bond acceptors (Lipinski definition) is 5. The molecule has 29 heavy (non-hydrogen) atoms. The van der Waals surface area contributed by atoms with Gasteiger partial charge in [0.1, 0.15) is 18.5 Å². The molecule has 0 aromatic heterocycles. The van der Waals surface area contributed by atoms with Gasteiger partial charge in [-0.15, -0.1) is 0 Å². The molecule has 1 aromatic rings. The predicted octanol–water partition coefficient (Wildman–Crippen LogP) is 4.87. The Morgan fingerprint density at radius 1 is 0.897 bits per heavy atom. The zero-order chi connectivity index (χ0) is 21.4. The average molecular weight is 411 g/mol. The molecule has 2 atom stereocenters. The molecule has 5 heteroatoms. The van der Waals surface area contributed by atoms with Crippen molar-refractivity contribution in [2.24, 2.45) is 0 Å². The molecule has 0 bridgehead atoms. The van der Waals surface area contributed by atoms with Gasteiger partial charge in [-0.25, -0.2) is 0 Å². The first-order valence-electron chi connectivity index (χ1n) is 11.3. The highest BCUT2D eigenvalue weighted by Crippen LogP contribution is 2.15. The van der Waals surface area contributed by atoms with Crippen molar-refractivity contribution in [2.45, 2.75) is 90.4 Å². The van der Waals surface area contributed by atoms with Gasteiger partial charge >= 0.3 is 0 Å². The average Bonchev–Trinajstić information content (AvgIpc) is 2.72. The lowest BCUT2D eigenvalue weighted by Crippen LogP contribution is -2.33. The van der Waals surface area contributed by atoms with Crippen molar-refractivity contribution in [1.29, 1.82) is 0 Å². The summed E-state index contributed by atoms with van der Waals surface area (Å²) in [6.45, 7) is 6.67. The van der Waals surface area contributed by atoms with Crippen LogP contribution in [0, 0.1) is 0 Å². The van der Waals surface area contributed by atoms with E-state index < -0.39 is 11.9 Å². The van der Waals surface area contributed by atoms with Crippen LogP contribution < -0.4 is 4.74 Å². The van der Waals surface area contributed by atoms with Crippen molar-refractivity contribution < 1.29 is 24.4 Å². The molecule has 1 rings (SSSR count). The monoisotopic (exact) mass is 410 g/mol. The maximum absolute atomic E-state index is 9.80. The van der Waals surface area contributed by atoms with E-state index >= 15 is 0 Å². The molecule has 0 saturated carbocycles. The van der Waals surface area contributed by atoms with Crippen LogP contribution in [-0.4, -0.2) is 48.5 Å². The normalized spacial score (nSPS) is 14.5. The van der Waals surface area contributed by atoms with Crippen LogP contribution in [0.3, 0.4) is 0 Å². The predicted molar refractivity (Wildman–Crippen MR) is 117 cm³/mol. The molecule has 0 fully saturated rings. The van der Waals surface area contributed by atoms with E-state index in [0.717, 1.165) is 12.2 Å². The molecule has 0 saturated heterocycles. The molecule has 0 aliphatic carbocycles. The van der Waals surface area contributed by atoms with Gasteiger partial charge in [0, 0.05) is 0 Å². The minimum Gasteiger partial charge on any atom is -0.491 e. The first-order valence-corrected chi connectivity index (χ1v) is 11.3. The van der Waals surface area contributed by atoms with Crippen molar-refractivity contribution in [1.82, 2.24) is 0 Å². The van der Waals surface area contributed by atoms with E-state index in [4.69, 9.17) is 14.2 Å². The molecule has 0 amide bonds. The van der Waals surface area contributed by atoms with Crippen LogP contribution in [0.1, 0.15) is 77.7 Å². The van der Waals surface area contributed by atoms with Gasteiger partial charge in [0.05, 0.1) is 19.8 Å². The fraction of sp³-hybridized carbons (Fsp3) is 0.750. The Labute approximate surface area is 177 Å². The fourth-order valence-corrected chi connectivity index (χ4v) is 2.90. The second-order valence-electron chi connectivity index (χ2n) is 7.93. The molecule has 0 aliphatic rings. The quantitative estimate of drug-likeness (QED) is 0.267. The topological polar surface area (TPSA) is 68.2 Å². The first-order chi connectivity index (χ1) is 14.0. The fourth-order valence-electron chi connectivity index (χ4n) is 2.90. The summed E-state index contributed by atoms with van der Waals surface area (Å²) >= 11 is 0. The molecule has 5 nitrogen and oxygen atoms in total. The second-order valence-corrected chi connectivity index (χ2v) is 7.93. The van der Waals surface area contributed by atoms with Crippen molar-refractivity contribution in [3.63, 3.8) is 0 Å². The van der Waals surface area contributed by atoms with Crippen LogP contribution in [0.5, 0.6) is 5.75 Å². The summed E-state index contributed by atoms with van der Waals surface area (Å²) in [6.07, 6.45) is 10.1. The highest BCUT2D eigenvalue weighted by Gasteiger charge is 2.19. The third-order valence-corrected chi connectivity index (χ3v) is 5.04. The minimum atomic E-state index is -1.20. The van der Waals surface area contributed by atoms with Gasteiger partial charge < -0.3 is 24.4 Å². The number of hydrogen-bond donors (Lipinski definition) is 2. The van der Waals surface area contributed by atoms with Gasteiger partial charge in [-0.2, -0.15) is 0 Å². The lowest BCUT2D eigenvalue weighted by Gasteiger charge is -2.23. The van der Waals surface area contributed by atoms with E-state index in [0.29, 0.717) is 19.6 Å². The van der Waals surface area contributed by atoms with Gasteiger partial charge in [-0.1, -0.05) is 64.5 Å². The Kier molecular flexibility index (Phi) is 14.0. The Bertz CT molecular complexity index is 500. The first kappa shape index (κ1) is 25.9. The zero-order valence-electron chi connectivity index (χ0n) is 18.7. The number of aryl methyl sites for hydroxylation is 1. The van der Waals surface area contributed by atoms with Crippen molar-refractivity contribution in [3.8, 4) is 5.75 Å². The van der Waals surface area contributed by atoms with Crippen LogP contribution in [-0.2, 0) is 15.9 Å². The molecule has 2 N–H and O–H groups in total. The van der Waals surface area contributed by atoms with Gasteiger partial charge in [0.25, 0.3) is 0 Å². The highest BCUT2D eigenvalue weighted by atomic mass is 16.6. The van der Waals surface area contributed by atoms with Gasteiger partial charge in [-0.3, -0.25) is 0 Å². The summed E-state index contributed by atoms with van der Waals surface area (Å²) in [5, 5.41) is 19.5. The molecule has 0 spiro atoms. The summed E-state index contributed by atoms with van der Waals surface area (Å²) in [6, 6.07) is 8.28. The Hall–Kier alpha value is -1.14. The number of ether oxygens (including phenoxy) is 3. The van der Waals surface area contributed by atoms with Gasteiger partial charge in [-0.05, 0) is 43.9 Å². The summed E-state index contributed by atoms with van der Waals surface area (Å²) in [4.78, 5) is 0. The Balaban J connectivity index is 2.06. The van der Waals surface area contributed by atoms with Crippen molar-refractivity contribution in [3.05, 3.63) is 29.8 Å². The van der Waals surface area contributed by atoms with Crippen LogP contribution in [0.25, 0.3) is 0 Å². The summed E-state index contributed by atoms with van der Waals surface area (Å²) in [5.74, 6) is -0.370. The van der Waals surface area contributed by atoms with Gasteiger partial charge in [0.15, 0.2) is 5.79 Å². The third kappa shape index (κ3) is 13.7. The van der Waals surface area contributed by atoms with E-state index in [1.165, 1.54) is 50.5 Å².